The Hall–Kier alpha value is -2.02. The van der Waals surface area contributed by atoms with Gasteiger partial charge in [0.25, 0.3) is 0 Å². The van der Waals surface area contributed by atoms with E-state index in [9.17, 15) is 8.78 Å². The van der Waals surface area contributed by atoms with E-state index >= 15 is 0 Å². The van der Waals surface area contributed by atoms with Gasteiger partial charge in [0.1, 0.15) is 24.8 Å². The average Bonchev–Trinajstić information content (AvgIpc) is 2.45. The second-order valence-electron chi connectivity index (χ2n) is 4.45. The highest BCUT2D eigenvalue weighted by atomic mass is 79.9. The fraction of sp³-hybridized carbons (Fsp3) is 0.143. The summed E-state index contributed by atoms with van der Waals surface area (Å²) < 4.78 is 38.2. The number of hydrogen-bond donors (Lipinski definition) is 2. The van der Waals surface area contributed by atoms with Crippen LogP contribution in [-0.4, -0.2) is 13.2 Å². The van der Waals surface area contributed by atoms with Gasteiger partial charge in [-0.05, 0) is 22.0 Å². The van der Waals surface area contributed by atoms with Crippen LogP contribution >= 0.6 is 15.9 Å². The zero-order valence-corrected chi connectivity index (χ0v) is 12.3. The summed E-state index contributed by atoms with van der Waals surface area (Å²) in [6, 6.07) is 5.29. The molecule has 0 saturated carbocycles. The number of nitrogens with one attached hydrogen (secondary N) is 1. The number of fused-ring (bicyclic) bond motifs is 1. The molecule has 110 valence electrons. The Morgan fingerprint density at radius 2 is 1.62 bits per heavy atom. The average molecular weight is 357 g/mol. The van der Waals surface area contributed by atoms with Crippen LogP contribution in [0.1, 0.15) is 0 Å². The molecule has 1 aliphatic heterocycles. The number of anilines is 3. The molecule has 0 saturated heterocycles. The minimum Gasteiger partial charge on any atom is -0.486 e. The van der Waals surface area contributed by atoms with E-state index in [-0.39, 0.29) is 10.2 Å². The molecule has 0 unspecified atom stereocenters. The van der Waals surface area contributed by atoms with Crippen LogP contribution < -0.4 is 20.5 Å². The third kappa shape index (κ3) is 2.73. The van der Waals surface area contributed by atoms with Gasteiger partial charge in [-0.1, -0.05) is 0 Å². The van der Waals surface area contributed by atoms with E-state index in [2.05, 4.69) is 21.2 Å². The van der Waals surface area contributed by atoms with Crippen molar-refractivity contribution < 1.29 is 18.3 Å². The molecule has 0 amide bonds. The summed E-state index contributed by atoms with van der Waals surface area (Å²) in [5.41, 5.74) is 6.64. The van der Waals surface area contributed by atoms with Gasteiger partial charge in [0.15, 0.2) is 11.5 Å². The van der Waals surface area contributed by atoms with Crippen LogP contribution in [0.5, 0.6) is 11.5 Å². The predicted molar refractivity (Wildman–Crippen MR) is 79.2 cm³/mol. The fourth-order valence-electron chi connectivity index (χ4n) is 1.98. The molecule has 7 heteroatoms. The van der Waals surface area contributed by atoms with E-state index in [1.54, 1.807) is 12.1 Å². The summed E-state index contributed by atoms with van der Waals surface area (Å²) in [5, 5.41) is 2.76. The van der Waals surface area contributed by atoms with Crippen molar-refractivity contribution >= 4 is 33.0 Å². The van der Waals surface area contributed by atoms with Crippen molar-refractivity contribution in [3.8, 4) is 11.5 Å². The zero-order valence-electron chi connectivity index (χ0n) is 10.8. The van der Waals surface area contributed by atoms with Crippen molar-refractivity contribution in [2.45, 2.75) is 0 Å². The number of benzene rings is 2. The quantitative estimate of drug-likeness (QED) is 0.634. The zero-order chi connectivity index (χ0) is 15.0. The molecule has 4 nitrogen and oxygen atoms in total. The highest BCUT2D eigenvalue weighted by Gasteiger charge is 2.16. The molecule has 1 heterocycles. The fourth-order valence-corrected chi connectivity index (χ4v) is 2.29. The summed E-state index contributed by atoms with van der Waals surface area (Å²) >= 11 is 2.93. The van der Waals surface area contributed by atoms with E-state index in [1.807, 2.05) is 0 Å². The first kappa shape index (κ1) is 13.9. The van der Waals surface area contributed by atoms with Gasteiger partial charge in [0.05, 0.1) is 21.5 Å². The number of nitrogens with two attached hydrogens (primary N) is 1. The van der Waals surface area contributed by atoms with E-state index in [1.165, 1.54) is 0 Å². The van der Waals surface area contributed by atoms with E-state index in [0.717, 1.165) is 12.1 Å². The third-order valence-electron chi connectivity index (χ3n) is 2.99. The van der Waals surface area contributed by atoms with Gasteiger partial charge in [0, 0.05) is 18.2 Å². The third-order valence-corrected chi connectivity index (χ3v) is 3.60. The Morgan fingerprint density at radius 1 is 0.952 bits per heavy atom. The summed E-state index contributed by atoms with van der Waals surface area (Å²) in [6.45, 7) is 0.878. The topological polar surface area (TPSA) is 56.5 Å². The number of halogens is 3. The van der Waals surface area contributed by atoms with Gasteiger partial charge in [-0.25, -0.2) is 8.78 Å². The first-order chi connectivity index (χ1) is 10.0. The molecule has 0 aliphatic carbocycles. The Morgan fingerprint density at radius 3 is 2.33 bits per heavy atom. The van der Waals surface area contributed by atoms with Gasteiger partial charge in [-0.15, -0.1) is 0 Å². The predicted octanol–water partition coefficient (Wildman–Crippen LogP) is 3.82. The minimum atomic E-state index is -0.599. The van der Waals surface area contributed by atoms with Gasteiger partial charge >= 0.3 is 0 Å². The van der Waals surface area contributed by atoms with Crippen molar-refractivity contribution in [3.63, 3.8) is 0 Å². The molecule has 2 aromatic carbocycles. The molecule has 0 fully saturated rings. The Labute approximate surface area is 128 Å². The Balaban J connectivity index is 1.96. The van der Waals surface area contributed by atoms with Gasteiger partial charge in [0.2, 0.25) is 0 Å². The van der Waals surface area contributed by atoms with Crippen molar-refractivity contribution in [1.82, 2.24) is 0 Å². The first-order valence-electron chi connectivity index (χ1n) is 6.15. The highest BCUT2D eigenvalue weighted by molar-refractivity contribution is 9.10. The number of rotatable bonds is 2. The normalized spacial score (nSPS) is 13.1. The smallest absolute Gasteiger partial charge is 0.163 e. The van der Waals surface area contributed by atoms with Crippen LogP contribution in [0.15, 0.2) is 28.7 Å². The van der Waals surface area contributed by atoms with Crippen LogP contribution in [0.25, 0.3) is 0 Å². The molecule has 0 bridgehead atoms. The molecule has 0 aromatic heterocycles. The summed E-state index contributed by atoms with van der Waals surface area (Å²) in [4.78, 5) is 0. The van der Waals surface area contributed by atoms with Crippen molar-refractivity contribution in [1.29, 1.82) is 0 Å². The Kier molecular flexibility index (Phi) is 3.59. The molecule has 3 N–H and O–H groups in total. The molecule has 0 spiro atoms. The summed E-state index contributed by atoms with van der Waals surface area (Å²) in [7, 11) is 0. The van der Waals surface area contributed by atoms with Crippen molar-refractivity contribution in [3.05, 3.63) is 40.4 Å². The second-order valence-corrected chi connectivity index (χ2v) is 5.31. The molecule has 3 rings (SSSR count). The van der Waals surface area contributed by atoms with Crippen molar-refractivity contribution in [2.75, 3.05) is 24.3 Å². The van der Waals surface area contributed by atoms with Crippen LogP contribution in [0.4, 0.5) is 25.8 Å². The summed E-state index contributed by atoms with van der Waals surface area (Å²) in [5.74, 6) is -0.129. The maximum Gasteiger partial charge on any atom is 0.163 e. The standard InChI is InChI=1S/C14H11BrF2N2O2/c15-7-3-9(17)11(4-8(7)16)19-12-6-14-13(5-10(12)18)20-1-2-21-14/h3-6,19H,1-2,18H2. The lowest BCUT2D eigenvalue weighted by Gasteiger charge is -2.20. The number of nitrogen functional groups attached to an aromatic ring is 1. The van der Waals surface area contributed by atoms with Crippen molar-refractivity contribution in [2.24, 2.45) is 0 Å². The molecule has 21 heavy (non-hydrogen) atoms. The molecule has 1 aliphatic rings. The molecular weight excluding hydrogens is 346 g/mol. The lowest BCUT2D eigenvalue weighted by atomic mass is 10.2. The van der Waals surface area contributed by atoms with Gasteiger partial charge < -0.3 is 20.5 Å². The van der Waals surface area contributed by atoms with E-state index in [4.69, 9.17) is 15.2 Å². The lowest BCUT2D eigenvalue weighted by Crippen LogP contribution is -2.15. The first-order valence-corrected chi connectivity index (χ1v) is 6.94. The van der Waals surface area contributed by atoms with Crippen LogP contribution in [0.3, 0.4) is 0 Å². The molecule has 2 aromatic rings. The van der Waals surface area contributed by atoms with Gasteiger partial charge in [-0.3, -0.25) is 0 Å². The van der Waals surface area contributed by atoms with E-state index < -0.39 is 11.6 Å². The lowest BCUT2D eigenvalue weighted by molar-refractivity contribution is 0.172. The van der Waals surface area contributed by atoms with Crippen LogP contribution in [-0.2, 0) is 0 Å². The summed E-state index contributed by atoms with van der Waals surface area (Å²) in [6.07, 6.45) is 0. The number of hydrogen-bond acceptors (Lipinski definition) is 4. The molecule has 0 atom stereocenters. The van der Waals surface area contributed by atoms with Crippen LogP contribution in [0.2, 0.25) is 0 Å². The van der Waals surface area contributed by atoms with Gasteiger partial charge in [-0.2, -0.15) is 0 Å². The maximum atomic E-state index is 13.8. The molecule has 0 radical (unpaired) electrons. The largest absolute Gasteiger partial charge is 0.486 e. The molecular formula is C14H11BrF2N2O2. The SMILES string of the molecule is Nc1cc2c(cc1Nc1cc(F)c(Br)cc1F)OCCO2. The Bertz CT molecular complexity index is 710. The monoisotopic (exact) mass is 356 g/mol. The maximum absolute atomic E-state index is 13.8. The minimum absolute atomic E-state index is 0.0147. The van der Waals surface area contributed by atoms with E-state index in [0.29, 0.717) is 36.1 Å². The number of ether oxygens (including phenoxy) is 2. The second kappa shape index (κ2) is 5.40. The highest BCUT2D eigenvalue weighted by Crippen LogP contribution is 2.38. The van der Waals surface area contributed by atoms with Crippen LogP contribution in [0, 0.1) is 11.6 Å².